The predicted octanol–water partition coefficient (Wildman–Crippen LogP) is 3.65. The minimum absolute atomic E-state index is 0.303. The molecule has 0 heterocycles. The average Bonchev–Trinajstić information content (AvgIpc) is 3.19. The van der Waals surface area contributed by atoms with E-state index >= 15 is 0 Å². The molecule has 2 aliphatic rings. The first-order valence-electron chi connectivity index (χ1n) is 8.48. The molecule has 0 aromatic carbocycles. The molecule has 0 spiro atoms. The van der Waals surface area contributed by atoms with Crippen LogP contribution in [0.25, 0.3) is 0 Å². The Morgan fingerprint density at radius 2 is 1.79 bits per heavy atom. The van der Waals surface area contributed by atoms with E-state index in [0.29, 0.717) is 5.54 Å². The molecule has 2 aliphatic carbocycles. The van der Waals surface area contributed by atoms with Crippen molar-refractivity contribution in [3.63, 3.8) is 0 Å². The second kappa shape index (κ2) is 6.13. The summed E-state index contributed by atoms with van der Waals surface area (Å²) in [5, 5.41) is 0. The number of hydrogen-bond acceptors (Lipinski definition) is 2. The Kier molecular flexibility index (Phi) is 4.94. The number of nitrogens with zero attached hydrogens (tertiary/aromatic N) is 1. The number of rotatable bonds is 6. The molecule has 2 atom stereocenters. The quantitative estimate of drug-likeness (QED) is 0.795. The van der Waals surface area contributed by atoms with Gasteiger partial charge in [0.25, 0.3) is 0 Å². The molecule has 112 valence electrons. The topological polar surface area (TPSA) is 29.3 Å². The Labute approximate surface area is 120 Å². The van der Waals surface area contributed by atoms with E-state index in [0.717, 1.165) is 30.3 Å². The van der Waals surface area contributed by atoms with Crippen LogP contribution in [0.2, 0.25) is 0 Å². The zero-order valence-corrected chi connectivity index (χ0v) is 13.5. The summed E-state index contributed by atoms with van der Waals surface area (Å²) in [4.78, 5) is 2.85. The van der Waals surface area contributed by atoms with Crippen LogP contribution in [0.3, 0.4) is 0 Å². The first-order chi connectivity index (χ1) is 9.01. The maximum atomic E-state index is 6.37. The van der Waals surface area contributed by atoms with Gasteiger partial charge < -0.3 is 5.73 Å². The van der Waals surface area contributed by atoms with Crippen molar-refractivity contribution in [3.8, 4) is 0 Å². The van der Waals surface area contributed by atoms with Crippen molar-refractivity contribution in [2.24, 2.45) is 23.5 Å². The summed E-state index contributed by atoms with van der Waals surface area (Å²) < 4.78 is 0. The molecule has 0 bridgehead atoms. The third-order valence-corrected chi connectivity index (χ3v) is 5.34. The van der Waals surface area contributed by atoms with Crippen LogP contribution in [0, 0.1) is 17.8 Å². The van der Waals surface area contributed by atoms with Gasteiger partial charge in [0, 0.05) is 24.7 Å². The van der Waals surface area contributed by atoms with E-state index in [2.05, 4.69) is 32.6 Å². The van der Waals surface area contributed by atoms with Gasteiger partial charge in [-0.3, -0.25) is 4.90 Å². The predicted molar refractivity (Wildman–Crippen MR) is 83.1 cm³/mol. The highest BCUT2D eigenvalue weighted by molar-refractivity contribution is 5.05. The van der Waals surface area contributed by atoms with Crippen LogP contribution in [0.4, 0.5) is 0 Å². The molecule has 0 aromatic heterocycles. The first-order valence-corrected chi connectivity index (χ1v) is 8.48. The largest absolute Gasteiger partial charge is 0.329 e. The summed E-state index contributed by atoms with van der Waals surface area (Å²) >= 11 is 0. The summed E-state index contributed by atoms with van der Waals surface area (Å²) in [5.74, 6) is 2.31. The zero-order valence-electron chi connectivity index (χ0n) is 13.5. The molecule has 19 heavy (non-hydrogen) atoms. The fraction of sp³-hybridized carbons (Fsp3) is 1.00. The summed E-state index contributed by atoms with van der Waals surface area (Å²) in [6.07, 6.45) is 8.30. The Balaban J connectivity index is 2.25. The number of nitrogens with two attached hydrogens (primary N) is 1. The zero-order chi connectivity index (χ0) is 14.0. The molecule has 2 fully saturated rings. The van der Waals surface area contributed by atoms with Crippen molar-refractivity contribution < 1.29 is 0 Å². The van der Waals surface area contributed by atoms with Crippen molar-refractivity contribution in [1.29, 1.82) is 0 Å². The van der Waals surface area contributed by atoms with E-state index in [9.17, 15) is 0 Å². The Bertz CT molecular complexity index is 283. The molecule has 2 saturated carbocycles. The molecule has 2 heteroatoms. The summed E-state index contributed by atoms with van der Waals surface area (Å²) in [7, 11) is 0. The molecule has 2 N–H and O–H groups in total. The van der Waals surface area contributed by atoms with Gasteiger partial charge in [0.15, 0.2) is 0 Å². The van der Waals surface area contributed by atoms with Gasteiger partial charge in [-0.25, -0.2) is 0 Å². The third-order valence-electron chi connectivity index (χ3n) is 5.34. The first kappa shape index (κ1) is 15.3. The van der Waals surface area contributed by atoms with Gasteiger partial charge in [-0.1, -0.05) is 40.5 Å². The second-order valence-electron chi connectivity index (χ2n) is 7.68. The fourth-order valence-electron chi connectivity index (χ4n) is 4.40. The van der Waals surface area contributed by atoms with Crippen molar-refractivity contribution in [2.75, 3.05) is 13.1 Å². The molecule has 0 aliphatic heterocycles. The van der Waals surface area contributed by atoms with Gasteiger partial charge in [0.2, 0.25) is 0 Å². The van der Waals surface area contributed by atoms with E-state index in [1.165, 1.54) is 45.1 Å². The molecule has 2 rings (SSSR count). The second-order valence-corrected chi connectivity index (χ2v) is 7.68. The maximum absolute atomic E-state index is 6.37. The molecule has 0 amide bonds. The fourth-order valence-corrected chi connectivity index (χ4v) is 4.40. The lowest BCUT2D eigenvalue weighted by Gasteiger charge is -2.53. The highest BCUT2D eigenvalue weighted by Gasteiger charge is 2.49. The maximum Gasteiger partial charge on any atom is 0.0365 e. The van der Waals surface area contributed by atoms with Crippen LogP contribution >= 0.6 is 0 Å². The van der Waals surface area contributed by atoms with Gasteiger partial charge in [-0.2, -0.15) is 0 Å². The van der Waals surface area contributed by atoms with Crippen molar-refractivity contribution in [2.45, 2.75) is 77.8 Å². The SMILES string of the molecule is CC(C)CN(C1CC1)C1(CN)CCCCC1C(C)C. The molecular formula is C17H34N2. The van der Waals surface area contributed by atoms with Crippen LogP contribution in [0.1, 0.15) is 66.2 Å². The van der Waals surface area contributed by atoms with Crippen molar-refractivity contribution >= 4 is 0 Å². The minimum Gasteiger partial charge on any atom is -0.329 e. The third kappa shape index (κ3) is 3.16. The van der Waals surface area contributed by atoms with E-state index < -0.39 is 0 Å². The normalized spacial score (nSPS) is 32.5. The molecule has 0 aromatic rings. The highest BCUT2D eigenvalue weighted by Crippen LogP contribution is 2.46. The van der Waals surface area contributed by atoms with Crippen molar-refractivity contribution in [1.82, 2.24) is 4.90 Å². The monoisotopic (exact) mass is 266 g/mol. The van der Waals surface area contributed by atoms with Crippen LogP contribution < -0.4 is 5.73 Å². The van der Waals surface area contributed by atoms with E-state index in [1.54, 1.807) is 0 Å². The van der Waals surface area contributed by atoms with Gasteiger partial charge in [-0.15, -0.1) is 0 Å². The van der Waals surface area contributed by atoms with E-state index in [4.69, 9.17) is 5.73 Å². The van der Waals surface area contributed by atoms with Gasteiger partial charge in [0.1, 0.15) is 0 Å². The molecule has 2 nitrogen and oxygen atoms in total. The molecule has 2 unspecified atom stereocenters. The van der Waals surface area contributed by atoms with Crippen molar-refractivity contribution in [3.05, 3.63) is 0 Å². The minimum atomic E-state index is 0.303. The van der Waals surface area contributed by atoms with Crippen LogP contribution in [-0.2, 0) is 0 Å². The van der Waals surface area contributed by atoms with Gasteiger partial charge >= 0.3 is 0 Å². The Hall–Kier alpha value is -0.0800. The summed E-state index contributed by atoms with van der Waals surface area (Å²) in [5.41, 5.74) is 6.67. The highest BCUT2D eigenvalue weighted by atomic mass is 15.3. The Morgan fingerprint density at radius 1 is 1.11 bits per heavy atom. The summed E-state index contributed by atoms with van der Waals surface area (Å²) in [6, 6.07) is 0.838. The lowest BCUT2D eigenvalue weighted by atomic mass is 9.66. The number of hydrogen-bond donors (Lipinski definition) is 1. The average molecular weight is 266 g/mol. The summed E-state index contributed by atoms with van der Waals surface area (Å²) in [6.45, 7) is 11.6. The van der Waals surface area contributed by atoms with Crippen LogP contribution in [0.15, 0.2) is 0 Å². The molecule has 0 radical (unpaired) electrons. The van der Waals surface area contributed by atoms with E-state index in [-0.39, 0.29) is 0 Å². The molecule has 0 saturated heterocycles. The lowest BCUT2D eigenvalue weighted by Crippen LogP contribution is -2.62. The van der Waals surface area contributed by atoms with Crippen LogP contribution in [-0.4, -0.2) is 29.6 Å². The van der Waals surface area contributed by atoms with Gasteiger partial charge in [0.05, 0.1) is 0 Å². The van der Waals surface area contributed by atoms with Crippen LogP contribution in [0.5, 0.6) is 0 Å². The smallest absolute Gasteiger partial charge is 0.0365 e. The van der Waals surface area contributed by atoms with E-state index in [1.807, 2.05) is 0 Å². The lowest BCUT2D eigenvalue weighted by molar-refractivity contribution is -0.0263. The van der Waals surface area contributed by atoms with Gasteiger partial charge in [-0.05, 0) is 43.4 Å². The standard InChI is InChI=1S/C17H34N2/c1-13(2)11-19(15-8-9-15)17(12-18)10-6-5-7-16(17)14(3)4/h13-16H,5-12,18H2,1-4H3. The molecular weight excluding hydrogens is 232 g/mol. The Morgan fingerprint density at radius 3 is 2.26 bits per heavy atom.